The minimum absolute atomic E-state index is 0.107. The highest BCUT2D eigenvalue weighted by Gasteiger charge is 2.10. The van der Waals surface area contributed by atoms with Crippen molar-refractivity contribution in [3.63, 3.8) is 0 Å². The molecule has 0 heterocycles. The number of nitrogens with one attached hydrogen (secondary N) is 1. The van der Waals surface area contributed by atoms with Crippen LogP contribution in [0.3, 0.4) is 0 Å². The maximum atomic E-state index is 13.8. The van der Waals surface area contributed by atoms with E-state index < -0.39 is 0 Å². The van der Waals surface area contributed by atoms with Gasteiger partial charge in [0.25, 0.3) is 0 Å². The van der Waals surface area contributed by atoms with Crippen molar-refractivity contribution in [3.8, 4) is 5.75 Å². The molecule has 0 aliphatic heterocycles. The van der Waals surface area contributed by atoms with Gasteiger partial charge in [-0.05, 0) is 86.6 Å². The number of amides is 1. The molecule has 4 nitrogen and oxygen atoms in total. The molecule has 0 saturated heterocycles. The molecule has 0 aliphatic rings. The molecule has 3 rings (SSSR count). The molecule has 0 spiro atoms. The molecule has 0 saturated carbocycles. The zero-order valence-corrected chi connectivity index (χ0v) is 19.9. The first-order chi connectivity index (χ1) is 14.4. The van der Waals surface area contributed by atoms with Crippen LogP contribution >= 0.6 is 45.2 Å². The Hall–Kier alpha value is -2.08. The number of hydrazone groups is 1. The number of carbonyl (C=O) groups is 1. The average Bonchev–Trinajstić information content (AvgIpc) is 2.70. The maximum Gasteiger partial charge on any atom is 0.244 e. The van der Waals surface area contributed by atoms with Gasteiger partial charge in [0.05, 0.1) is 19.8 Å². The third-order valence-corrected chi connectivity index (χ3v) is 5.63. The first kappa shape index (κ1) is 22.6. The number of hydrogen-bond donors (Lipinski definition) is 1. The number of ether oxygens (including phenoxy) is 1. The quantitative estimate of drug-likeness (QED) is 0.214. The minimum atomic E-state index is -0.345. The lowest BCUT2D eigenvalue weighted by atomic mass is 10.1. The summed E-state index contributed by atoms with van der Waals surface area (Å²) >= 11 is 4.29. The van der Waals surface area contributed by atoms with Gasteiger partial charge in [-0.15, -0.1) is 0 Å². The second-order valence-corrected chi connectivity index (χ2v) is 8.61. The highest BCUT2D eigenvalue weighted by molar-refractivity contribution is 14.1. The summed E-state index contributed by atoms with van der Waals surface area (Å²) in [6.45, 7) is 0.131. The largest absolute Gasteiger partial charge is 0.487 e. The predicted molar refractivity (Wildman–Crippen MR) is 128 cm³/mol. The van der Waals surface area contributed by atoms with Crippen LogP contribution in [0.25, 0.3) is 0 Å². The van der Waals surface area contributed by atoms with Crippen molar-refractivity contribution in [3.05, 3.63) is 96.1 Å². The monoisotopic (exact) mass is 632 g/mol. The van der Waals surface area contributed by atoms with Crippen LogP contribution in [-0.4, -0.2) is 12.1 Å². The number of carbonyl (C=O) groups excluding carboxylic acids is 1. The van der Waals surface area contributed by atoms with E-state index in [1.54, 1.807) is 30.3 Å². The van der Waals surface area contributed by atoms with Gasteiger partial charge in [-0.3, -0.25) is 4.79 Å². The van der Waals surface area contributed by atoms with Gasteiger partial charge in [0.15, 0.2) is 0 Å². The molecule has 154 valence electrons. The van der Waals surface area contributed by atoms with E-state index in [0.29, 0.717) is 16.9 Å². The maximum absolute atomic E-state index is 13.8. The molecule has 0 atom stereocenters. The van der Waals surface area contributed by atoms with Gasteiger partial charge in [0.2, 0.25) is 5.91 Å². The summed E-state index contributed by atoms with van der Waals surface area (Å²) in [5.41, 5.74) is 4.42. The van der Waals surface area contributed by atoms with Gasteiger partial charge in [0, 0.05) is 5.56 Å². The molecule has 0 unspecified atom stereocenters. The third kappa shape index (κ3) is 6.46. The van der Waals surface area contributed by atoms with Crippen molar-refractivity contribution in [1.82, 2.24) is 5.43 Å². The van der Waals surface area contributed by atoms with Gasteiger partial charge in [-0.25, -0.2) is 14.2 Å². The molecule has 8 heteroatoms. The molecule has 3 aromatic rings. The van der Waals surface area contributed by atoms with Gasteiger partial charge in [0.1, 0.15) is 24.0 Å². The zero-order valence-electron chi connectivity index (χ0n) is 15.5. The van der Waals surface area contributed by atoms with Crippen LogP contribution in [0.4, 0.5) is 8.78 Å². The van der Waals surface area contributed by atoms with Crippen molar-refractivity contribution >= 4 is 57.3 Å². The van der Waals surface area contributed by atoms with E-state index in [1.165, 1.54) is 24.4 Å². The molecule has 1 N–H and O–H groups in total. The lowest BCUT2D eigenvalue weighted by molar-refractivity contribution is -0.120. The van der Waals surface area contributed by atoms with Crippen molar-refractivity contribution in [2.24, 2.45) is 5.10 Å². The summed E-state index contributed by atoms with van der Waals surface area (Å²) in [5.74, 6) is -0.283. The summed E-state index contributed by atoms with van der Waals surface area (Å²) in [5, 5.41) is 3.98. The Labute approximate surface area is 200 Å². The molecule has 0 radical (unpaired) electrons. The summed E-state index contributed by atoms with van der Waals surface area (Å²) in [6, 6.07) is 15.9. The summed E-state index contributed by atoms with van der Waals surface area (Å²) in [7, 11) is 0. The van der Waals surface area contributed by atoms with E-state index in [0.717, 1.165) is 12.7 Å². The molecular weight excluding hydrogens is 616 g/mol. The molecule has 0 fully saturated rings. The second-order valence-electron chi connectivity index (χ2n) is 6.29. The topological polar surface area (TPSA) is 50.7 Å². The Kier molecular flexibility index (Phi) is 8.14. The standard InChI is InChI=1S/C22H16F2I2N2O2/c23-17-7-5-14(6-8-17)11-21(29)28-27-12-15-9-19(25)22(20(26)10-15)30-13-16-3-1-2-4-18(16)24/h1-10,12H,11,13H2,(H,28,29)/b27-12+. The fourth-order valence-corrected chi connectivity index (χ4v) is 4.69. The molecule has 1 amide bonds. The van der Waals surface area contributed by atoms with Crippen molar-refractivity contribution < 1.29 is 18.3 Å². The molecule has 0 aliphatic carbocycles. The van der Waals surface area contributed by atoms with Gasteiger partial charge < -0.3 is 4.74 Å². The van der Waals surface area contributed by atoms with E-state index >= 15 is 0 Å². The van der Waals surface area contributed by atoms with Gasteiger partial charge in [-0.2, -0.15) is 5.10 Å². The van der Waals surface area contributed by atoms with Crippen molar-refractivity contribution in [1.29, 1.82) is 0 Å². The van der Waals surface area contributed by atoms with Crippen LogP contribution in [0.1, 0.15) is 16.7 Å². The number of hydrogen-bond acceptors (Lipinski definition) is 3. The average molecular weight is 632 g/mol. The Balaban J connectivity index is 1.59. The fraction of sp³-hybridized carbons (Fsp3) is 0.0909. The van der Waals surface area contributed by atoms with Crippen molar-refractivity contribution in [2.75, 3.05) is 0 Å². The number of rotatable bonds is 7. The second kappa shape index (κ2) is 10.8. The normalized spacial score (nSPS) is 10.9. The van der Waals surface area contributed by atoms with E-state index in [9.17, 15) is 13.6 Å². The Morgan fingerprint density at radius 2 is 1.70 bits per heavy atom. The van der Waals surface area contributed by atoms with Crippen LogP contribution in [0.15, 0.2) is 65.8 Å². The van der Waals surface area contributed by atoms with Crippen LogP contribution < -0.4 is 10.2 Å². The summed E-state index contributed by atoms with van der Waals surface area (Å²) < 4.78 is 34.2. The van der Waals surface area contributed by atoms with E-state index in [1.807, 2.05) is 12.1 Å². The Bertz CT molecular complexity index is 1050. The molecule has 3 aromatic carbocycles. The van der Waals surface area contributed by atoms with E-state index in [2.05, 4.69) is 55.7 Å². The highest BCUT2D eigenvalue weighted by atomic mass is 127. The Morgan fingerprint density at radius 3 is 2.37 bits per heavy atom. The minimum Gasteiger partial charge on any atom is -0.487 e. The van der Waals surface area contributed by atoms with Crippen LogP contribution in [0.2, 0.25) is 0 Å². The van der Waals surface area contributed by atoms with Crippen LogP contribution in [0, 0.1) is 18.8 Å². The first-order valence-electron chi connectivity index (χ1n) is 8.84. The third-order valence-electron chi connectivity index (χ3n) is 4.03. The summed E-state index contributed by atoms with van der Waals surface area (Å²) in [4.78, 5) is 12.0. The van der Waals surface area contributed by atoms with E-state index in [-0.39, 0.29) is 30.6 Å². The van der Waals surface area contributed by atoms with Crippen LogP contribution in [-0.2, 0) is 17.8 Å². The zero-order chi connectivity index (χ0) is 21.5. The van der Waals surface area contributed by atoms with Gasteiger partial charge >= 0.3 is 0 Å². The van der Waals surface area contributed by atoms with Gasteiger partial charge in [-0.1, -0.05) is 30.3 Å². The fourth-order valence-electron chi connectivity index (χ4n) is 2.56. The smallest absolute Gasteiger partial charge is 0.244 e. The predicted octanol–water partition coefficient (Wildman–Crippen LogP) is 5.45. The Morgan fingerprint density at radius 1 is 1.03 bits per heavy atom. The number of halogens is 4. The van der Waals surface area contributed by atoms with Crippen LogP contribution in [0.5, 0.6) is 5.75 Å². The SMILES string of the molecule is O=C(Cc1ccc(F)cc1)N/N=C/c1cc(I)c(OCc2ccccc2F)c(I)c1. The number of nitrogens with zero attached hydrogens (tertiary/aromatic N) is 1. The number of benzene rings is 3. The van der Waals surface area contributed by atoms with Crippen molar-refractivity contribution in [2.45, 2.75) is 13.0 Å². The first-order valence-corrected chi connectivity index (χ1v) is 11.0. The highest BCUT2D eigenvalue weighted by Crippen LogP contribution is 2.29. The van der Waals surface area contributed by atoms with E-state index in [4.69, 9.17) is 4.74 Å². The molecular formula is C22H16F2I2N2O2. The molecule has 30 heavy (non-hydrogen) atoms. The lowest BCUT2D eigenvalue weighted by Crippen LogP contribution is -2.19. The lowest BCUT2D eigenvalue weighted by Gasteiger charge is -2.12. The molecule has 0 bridgehead atoms. The summed E-state index contributed by atoms with van der Waals surface area (Å²) in [6.07, 6.45) is 1.64. The molecule has 0 aromatic heterocycles.